The van der Waals surface area contributed by atoms with Gasteiger partial charge in [-0.1, -0.05) is 72.6 Å². The van der Waals surface area contributed by atoms with Crippen LogP contribution in [0.15, 0.2) is 83.8 Å². The van der Waals surface area contributed by atoms with Crippen molar-refractivity contribution < 1.29 is 18.0 Å². The third-order valence-electron chi connectivity index (χ3n) is 5.89. The number of amides is 2. The van der Waals surface area contributed by atoms with Gasteiger partial charge in [0.25, 0.3) is 10.0 Å². The van der Waals surface area contributed by atoms with E-state index in [1.807, 2.05) is 20.8 Å². The maximum Gasteiger partial charge on any atom is 0.264 e. The first-order valence-corrected chi connectivity index (χ1v) is 14.7. The highest BCUT2D eigenvalue weighted by Crippen LogP contribution is 2.27. The van der Waals surface area contributed by atoms with Crippen molar-refractivity contribution in [1.82, 2.24) is 10.2 Å². The fourth-order valence-electron chi connectivity index (χ4n) is 4.05. The largest absolute Gasteiger partial charge is 0.350 e. The van der Waals surface area contributed by atoms with Gasteiger partial charge in [0.05, 0.1) is 10.6 Å². The molecule has 0 fully saturated rings. The summed E-state index contributed by atoms with van der Waals surface area (Å²) in [6.45, 7) is 6.81. The highest BCUT2D eigenvalue weighted by molar-refractivity contribution is 7.92. The van der Waals surface area contributed by atoms with E-state index in [0.29, 0.717) is 27.7 Å². The number of para-hydroxylation sites is 1. The second-order valence-electron chi connectivity index (χ2n) is 10.1. The van der Waals surface area contributed by atoms with Gasteiger partial charge in [-0.3, -0.25) is 13.9 Å². The van der Waals surface area contributed by atoms with Gasteiger partial charge in [-0.05, 0) is 69.2 Å². The molecular weight excluding hydrogens is 557 g/mol. The Hall–Kier alpha value is -3.07. The Bertz CT molecular complexity index is 1400. The van der Waals surface area contributed by atoms with Crippen LogP contribution >= 0.6 is 23.2 Å². The number of halogens is 2. The molecule has 0 spiro atoms. The second-order valence-corrected chi connectivity index (χ2v) is 12.8. The standard InChI is InChI=1S/C29H33Cl2N3O4S/c1-5-26(28(36)32-29(2,3)4)33(19-21-16-17-22(30)18-25(21)31)27(35)20-34(23-12-8-6-9-13-23)39(37,38)24-14-10-7-11-15-24/h6-18,26H,5,19-20H2,1-4H3,(H,32,36)/t26-/m0/s1. The number of nitrogens with zero attached hydrogens (tertiary/aromatic N) is 2. The van der Waals surface area contributed by atoms with Crippen molar-refractivity contribution in [3.05, 3.63) is 94.5 Å². The fraction of sp³-hybridized carbons (Fsp3) is 0.310. The lowest BCUT2D eigenvalue weighted by molar-refractivity contribution is -0.141. The average Bonchev–Trinajstić information content (AvgIpc) is 2.88. The van der Waals surface area contributed by atoms with Crippen LogP contribution in [-0.2, 0) is 26.2 Å². The number of hydrogen-bond donors (Lipinski definition) is 1. The highest BCUT2D eigenvalue weighted by atomic mass is 35.5. The topological polar surface area (TPSA) is 86.8 Å². The Morgan fingerprint density at radius 3 is 2.05 bits per heavy atom. The van der Waals surface area contributed by atoms with Crippen LogP contribution in [0.2, 0.25) is 10.0 Å². The molecule has 3 aromatic carbocycles. The van der Waals surface area contributed by atoms with Crippen molar-refractivity contribution >= 4 is 50.7 Å². The summed E-state index contributed by atoms with van der Waals surface area (Å²) in [5.41, 5.74) is 0.365. The zero-order chi connectivity index (χ0) is 28.8. The SMILES string of the molecule is CC[C@@H](C(=O)NC(C)(C)C)N(Cc1ccc(Cl)cc1Cl)C(=O)CN(c1ccccc1)S(=O)(=O)c1ccccc1. The minimum absolute atomic E-state index is 0.0150. The second kappa shape index (κ2) is 12.9. The lowest BCUT2D eigenvalue weighted by atomic mass is 10.1. The Morgan fingerprint density at radius 2 is 1.51 bits per heavy atom. The van der Waals surface area contributed by atoms with Gasteiger partial charge >= 0.3 is 0 Å². The van der Waals surface area contributed by atoms with Crippen LogP contribution in [0.1, 0.15) is 39.7 Å². The highest BCUT2D eigenvalue weighted by Gasteiger charge is 2.34. The molecule has 2 amide bonds. The van der Waals surface area contributed by atoms with Crippen LogP contribution in [-0.4, -0.2) is 43.3 Å². The van der Waals surface area contributed by atoms with E-state index in [9.17, 15) is 18.0 Å². The van der Waals surface area contributed by atoms with Crippen LogP contribution in [0.25, 0.3) is 0 Å². The minimum atomic E-state index is -4.11. The van der Waals surface area contributed by atoms with E-state index >= 15 is 0 Å². The third kappa shape index (κ3) is 7.97. The maximum absolute atomic E-state index is 14.0. The Balaban J connectivity index is 2.06. The molecule has 39 heavy (non-hydrogen) atoms. The third-order valence-corrected chi connectivity index (χ3v) is 8.27. The van der Waals surface area contributed by atoms with E-state index in [-0.39, 0.29) is 17.3 Å². The fourth-order valence-corrected chi connectivity index (χ4v) is 5.95. The summed E-state index contributed by atoms with van der Waals surface area (Å²) in [6, 6.07) is 20.4. The Morgan fingerprint density at radius 1 is 0.923 bits per heavy atom. The predicted molar refractivity (Wildman–Crippen MR) is 156 cm³/mol. The number of nitrogens with one attached hydrogen (secondary N) is 1. The molecular formula is C29H33Cl2N3O4S. The molecule has 1 N–H and O–H groups in total. The summed E-state index contributed by atoms with van der Waals surface area (Å²) in [4.78, 5) is 28.8. The summed E-state index contributed by atoms with van der Waals surface area (Å²) in [6.07, 6.45) is 0.301. The first-order chi connectivity index (χ1) is 18.3. The summed E-state index contributed by atoms with van der Waals surface area (Å²) in [7, 11) is -4.11. The molecule has 0 aromatic heterocycles. The first-order valence-electron chi connectivity index (χ1n) is 12.5. The van der Waals surface area contributed by atoms with Crippen molar-refractivity contribution in [2.45, 2.75) is 57.1 Å². The summed E-state index contributed by atoms with van der Waals surface area (Å²) < 4.78 is 28.5. The zero-order valence-corrected chi connectivity index (χ0v) is 24.7. The molecule has 208 valence electrons. The summed E-state index contributed by atoms with van der Waals surface area (Å²) in [5, 5.41) is 3.71. The van der Waals surface area contributed by atoms with Gasteiger partial charge in [0.15, 0.2) is 0 Å². The quantitative estimate of drug-likeness (QED) is 0.318. The van der Waals surface area contributed by atoms with Gasteiger partial charge in [-0.2, -0.15) is 0 Å². The molecule has 7 nitrogen and oxygen atoms in total. The van der Waals surface area contributed by atoms with Crippen molar-refractivity contribution in [2.24, 2.45) is 0 Å². The molecule has 0 aliphatic heterocycles. The lowest BCUT2D eigenvalue weighted by Gasteiger charge is -2.35. The Kier molecular flexibility index (Phi) is 10.0. The number of benzene rings is 3. The molecule has 0 saturated carbocycles. The van der Waals surface area contributed by atoms with Gasteiger partial charge in [-0.15, -0.1) is 0 Å². The van der Waals surface area contributed by atoms with Crippen LogP contribution in [0.5, 0.6) is 0 Å². The van der Waals surface area contributed by atoms with E-state index in [1.54, 1.807) is 73.7 Å². The van der Waals surface area contributed by atoms with Gasteiger partial charge in [0.1, 0.15) is 12.6 Å². The maximum atomic E-state index is 14.0. The molecule has 0 bridgehead atoms. The van der Waals surface area contributed by atoms with Gasteiger partial charge in [0, 0.05) is 22.1 Å². The summed E-state index contributed by atoms with van der Waals surface area (Å²) in [5.74, 6) is -0.902. The number of anilines is 1. The van der Waals surface area contributed by atoms with Crippen LogP contribution in [0.3, 0.4) is 0 Å². The van der Waals surface area contributed by atoms with Crippen molar-refractivity contribution in [3.63, 3.8) is 0 Å². The van der Waals surface area contributed by atoms with E-state index < -0.39 is 34.1 Å². The van der Waals surface area contributed by atoms with Gasteiger partial charge in [-0.25, -0.2) is 8.42 Å². The molecule has 0 heterocycles. The molecule has 0 saturated heterocycles. The molecule has 0 aliphatic carbocycles. The molecule has 10 heteroatoms. The van der Waals surface area contributed by atoms with E-state index in [0.717, 1.165) is 4.31 Å². The predicted octanol–water partition coefficient (Wildman–Crippen LogP) is 5.91. The molecule has 0 aliphatic rings. The molecule has 3 rings (SSSR count). The first kappa shape index (κ1) is 30.5. The van der Waals surface area contributed by atoms with Crippen molar-refractivity contribution in [1.29, 1.82) is 0 Å². The number of rotatable bonds is 10. The van der Waals surface area contributed by atoms with Crippen LogP contribution < -0.4 is 9.62 Å². The van der Waals surface area contributed by atoms with Gasteiger partial charge < -0.3 is 10.2 Å². The number of hydrogen-bond acceptors (Lipinski definition) is 4. The average molecular weight is 591 g/mol. The zero-order valence-electron chi connectivity index (χ0n) is 22.4. The molecule has 0 radical (unpaired) electrons. The van der Waals surface area contributed by atoms with E-state index in [4.69, 9.17) is 23.2 Å². The monoisotopic (exact) mass is 589 g/mol. The molecule has 3 aromatic rings. The van der Waals surface area contributed by atoms with Crippen LogP contribution in [0, 0.1) is 0 Å². The molecule has 1 atom stereocenters. The van der Waals surface area contributed by atoms with Gasteiger partial charge in [0.2, 0.25) is 11.8 Å². The smallest absolute Gasteiger partial charge is 0.264 e. The Labute approximate surface area is 240 Å². The lowest BCUT2D eigenvalue weighted by Crippen LogP contribution is -2.55. The number of sulfonamides is 1. The number of carbonyl (C=O) groups excluding carboxylic acids is 2. The van der Waals surface area contributed by atoms with Crippen molar-refractivity contribution in [2.75, 3.05) is 10.8 Å². The minimum Gasteiger partial charge on any atom is -0.350 e. The normalized spacial score (nSPS) is 12.5. The van der Waals surface area contributed by atoms with E-state index in [2.05, 4.69) is 5.32 Å². The molecule has 0 unspecified atom stereocenters. The number of carbonyl (C=O) groups is 2. The summed E-state index contributed by atoms with van der Waals surface area (Å²) >= 11 is 12.5. The van der Waals surface area contributed by atoms with Crippen LogP contribution in [0.4, 0.5) is 5.69 Å². The van der Waals surface area contributed by atoms with Crippen molar-refractivity contribution in [3.8, 4) is 0 Å². The van der Waals surface area contributed by atoms with E-state index in [1.165, 1.54) is 17.0 Å².